The molecule has 78 heavy (non-hydrogen) atoms. The summed E-state index contributed by atoms with van der Waals surface area (Å²) in [4.78, 5) is 42.2. The van der Waals surface area contributed by atoms with Crippen LogP contribution in [0, 0.1) is 27.3 Å². The van der Waals surface area contributed by atoms with Gasteiger partial charge in [-0.1, -0.05) is 50.2 Å². The molecule has 5 heterocycles. The number of halogens is 1. The number of hydrogen-bond acceptors (Lipinski definition) is 14. The van der Waals surface area contributed by atoms with Crippen LogP contribution >= 0.6 is 0 Å². The van der Waals surface area contributed by atoms with E-state index in [0.29, 0.717) is 42.9 Å². The van der Waals surface area contributed by atoms with Crippen molar-refractivity contribution >= 4 is 44.0 Å². The normalized spacial score (nSPS) is 22.2. The predicted octanol–water partition coefficient (Wildman–Crippen LogP) is 9.56. The van der Waals surface area contributed by atoms with Crippen LogP contribution in [0.25, 0.3) is 11.0 Å². The van der Waals surface area contributed by atoms with E-state index in [0.717, 1.165) is 95.5 Å². The smallest absolute Gasteiger partial charge is 0.293 e. The summed E-state index contributed by atoms with van der Waals surface area (Å²) in [7, 11) is -0.721. The first-order valence-corrected chi connectivity index (χ1v) is 28.7. The van der Waals surface area contributed by atoms with Gasteiger partial charge in [0.2, 0.25) is 0 Å². The number of fused-ring (bicyclic) bond motifs is 1. The van der Waals surface area contributed by atoms with E-state index in [2.05, 4.69) is 103 Å². The first kappa shape index (κ1) is 53.4. The maximum Gasteiger partial charge on any atom is 0.293 e. The fourth-order valence-electron chi connectivity index (χ4n) is 12.9. The highest BCUT2D eigenvalue weighted by Gasteiger charge is 2.55. The second-order valence-electron chi connectivity index (χ2n) is 23.4. The molecule has 3 aliphatic heterocycles. The van der Waals surface area contributed by atoms with E-state index < -0.39 is 42.9 Å². The molecule has 0 bridgehead atoms. The first-order valence-electron chi connectivity index (χ1n) is 27.3. The molecule has 0 unspecified atom stereocenters. The topological polar surface area (TPSA) is 199 Å². The third-order valence-corrected chi connectivity index (χ3v) is 18.6. The van der Waals surface area contributed by atoms with Gasteiger partial charge in [-0.15, -0.1) is 0 Å². The van der Waals surface area contributed by atoms with Crippen molar-refractivity contribution in [1.82, 2.24) is 29.4 Å². The molecule has 11 rings (SSSR count). The number of likely N-dealkylation sites (N-methyl/N-ethyl adjacent to an activating group) is 1. The number of nitro benzene ring substituents is 1. The Balaban J connectivity index is 0.788. The van der Waals surface area contributed by atoms with E-state index in [1.54, 1.807) is 26.2 Å². The van der Waals surface area contributed by atoms with Gasteiger partial charge >= 0.3 is 0 Å². The van der Waals surface area contributed by atoms with Crippen LogP contribution < -0.4 is 24.4 Å². The summed E-state index contributed by atoms with van der Waals surface area (Å²) < 4.78 is 56.8. The molecule has 4 N–H and O–H groups in total. The van der Waals surface area contributed by atoms with Crippen LogP contribution in [0.2, 0.25) is 0 Å². The molecule has 2 saturated carbocycles. The van der Waals surface area contributed by atoms with Gasteiger partial charge in [0.1, 0.15) is 34.4 Å². The van der Waals surface area contributed by atoms with Crippen molar-refractivity contribution in [2.45, 2.75) is 100 Å². The number of nitrogens with one attached hydrogen (secondary N) is 3. The molecule has 5 aliphatic rings. The monoisotopic (exact) mass is 1080 g/mol. The average molecular weight is 1080 g/mol. The first-order chi connectivity index (χ1) is 37.3. The summed E-state index contributed by atoms with van der Waals surface area (Å²) in [5.41, 5.74) is 5.31. The van der Waals surface area contributed by atoms with Gasteiger partial charge in [0.15, 0.2) is 0 Å². The molecule has 2 aromatic heterocycles. The summed E-state index contributed by atoms with van der Waals surface area (Å²) in [6.07, 6.45) is 7.37. The number of carbonyl (C=O) groups is 1. The molecule has 3 saturated heterocycles. The Kier molecular flexibility index (Phi) is 14.5. The molecule has 19 heteroatoms. The van der Waals surface area contributed by atoms with Crippen molar-refractivity contribution in [2.75, 3.05) is 76.7 Å². The highest BCUT2D eigenvalue weighted by molar-refractivity contribution is 7.90. The largest absolute Gasteiger partial charge is 0.496 e. The number of aliphatic hydroxyl groups is 1. The van der Waals surface area contributed by atoms with Crippen molar-refractivity contribution in [3.63, 3.8) is 0 Å². The van der Waals surface area contributed by atoms with E-state index >= 15 is 0 Å². The zero-order chi connectivity index (χ0) is 54.7. The lowest BCUT2D eigenvalue weighted by Gasteiger charge is -2.63. The average Bonchev–Trinajstić information content (AvgIpc) is 3.82. The van der Waals surface area contributed by atoms with Crippen LogP contribution in [-0.2, 0) is 16.6 Å². The van der Waals surface area contributed by atoms with Gasteiger partial charge < -0.3 is 34.7 Å². The number of nitrogens with zero attached hydrogens (tertiary/aromatic N) is 6. The highest BCUT2D eigenvalue weighted by Crippen LogP contribution is 2.54. The van der Waals surface area contributed by atoms with Crippen LogP contribution in [0.1, 0.15) is 110 Å². The number of methoxy groups -OCH3 is 1. The van der Waals surface area contributed by atoms with Crippen LogP contribution in [0.15, 0.2) is 102 Å². The molecule has 412 valence electrons. The minimum absolute atomic E-state index is 0.0181. The Morgan fingerprint density at radius 2 is 1.74 bits per heavy atom. The lowest BCUT2D eigenvalue weighted by molar-refractivity contribution is -0.384. The van der Waals surface area contributed by atoms with Gasteiger partial charge in [0.25, 0.3) is 21.6 Å². The number of ether oxygens (including phenoxy) is 2. The molecule has 4 aromatic carbocycles. The van der Waals surface area contributed by atoms with Crippen LogP contribution in [0.5, 0.6) is 17.2 Å². The SMILES string of the molecule is COc1cc(CN2CCN(C3CC4(C3)CN(c3ccc(C(=O)NS(=O)(=O)c5ccc(NCC6CCC(C)(O)CC6)c([N+](=O)[O-])c5)c(Oc5cnc6[nH]cc(F)c6c5)c3)C4)[C@H](c3ccccc3C(C)C)C2)ccc1C1CN(C)C1. The maximum atomic E-state index is 14.8. The van der Waals surface area contributed by atoms with E-state index in [4.69, 9.17) is 9.47 Å². The van der Waals surface area contributed by atoms with E-state index in [1.165, 1.54) is 58.9 Å². The third-order valence-electron chi connectivity index (χ3n) is 17.3. The number of hydrogen-bond donors (Lipinski definition) is 4. The fraction of sp³-hybridized carbons (Fsp3) is 0.458. The van der Waals surface area contributed by atoms with Crippen molar-refractivity contribution in [2.24, 2.45) is 11.3 Å². The molecular formula is C59H70FN9O8S. The van der Waals surface area contributed by atoms with Crippen molar-refractivity contribution in [1.29, 1.82) is 0 Å². The van der Waals surface area contributed by atoms with Gasteiger partial charge in [-0.25, -0.2) is 22.5 Å². The molecule has 2 aliphatic carbocycles. The predicted molar refractivity (Wildman–Crippen MR) is 298 cm³/mol. The number of rotatable bonds is 17. The molecule has 0 radical (unpaired) electrons. The Labute approximate surface area is 455 Å². The van der Waals surface area contributed by atoms with Gasteiger partial charge in [-0.3, -0.25) is 24.7 Å². The minimum Gasteiger partial charge on any atom is -0.496 e. The van der Waals surface area contributed by atoms with E-state index in [1.807, 2.05) is 0 Å². The number of nitro groups is 1. The number of aromatic amines is 1. The number of aromatic nitrogens is 2. The molecule has 6 aromatic rings. The summed E-state index contributed by atoms with van der Waals surface area (Å²) >= 11 is 0. The van der Waals surface area contributed by atoms with Crippen LogP contribution in [0.3, 0.4) is 0 Å². The second kappa shape index (κ2) is 21.2. The second-order valence-corrected chi connectivity index (χ2v) is 25.0. The number of amides is 1. The summed E-state index contributed by atoms with van der Waals surface area (Å²) in [5, 5.41) is 25.9. The van der Waals surface area contributed by atoms with Gasteiger partial charge in [-0.2, -0.15) is 0 Å². The number of anilines is 2. The van der Waals surface area contributed by atoms with Crippen LogP contribution in [-0.4, -0.2) is 127 Å². The van der Waals surface area contributed by atoms with Gasteiger partial charge in [0.05, 0.1) is 39.7 Å². The molecule has 1 spiro atoms. The Morgan fingerprint density at radius 3 is 2.47 bits per heavy atom. The number of H-pyrrole nitrogens is 1. The summed E-state index contributed by atoms with van der Waals surface area (Å²) in [6.45, 7) is 14.1. The van der Waals surface area contributed by atoms with Crippen molar-refractivity contribution in [3.8, 4) is 17.2 Å². The van der Waals surface area contributed by atoms with Crippen molar-refractivity contribution < 1.29 is 37.1 Å². The standard InChI is InChI=1S/C59H70FN9O8S/c1-37(2)45-8-6-7-9-47(45)53-34-66(31-39-10-13-46(54(22-39)76-5)40-32-65(4)33-40)20-21-68(53)42-26-59(27-42)35-67(36-59)41-11-14-48(55(23-41)77-43-24-49-50(60)30-63-56(49)62-29-43)57(70)64-78(74,75)44-12-15-51(52(25-44)69(72)73)61-28-38-16-18-58(3,71)19-17-38/h6-15,22-25,29-30,37-38,40,42,53,61,71H,16-21,26-28,31-36H2,1-5H3,(H,62,63)(H,64,70)/t38?,53-,58?/m0/s1. The Bertz CT molecular complexity index is 3340. The Morgan fingerprint density at radius 1 is 0.974 bits per heavy atom. The molecule has 5 fully saturated rings. The number of likely N-dealkylation sites (tertiary alicyclic amines) is 1. The number of carbonyl (C=O) groups excluding carboxylic acids is 1. The van der Waals surface area contributed by atoms with Crippen molar-refractivity contribution in [3.05, 3.63) is 141 Å². The summed E-state index contributed by atoms with van der Waals surface area (Å²) in [5.74, 6) is 0.609. The Hall–Kier alpha value is -6.64. The maximum absolute atomic E-state index is 14.8. The van der Waals surface area contributed by atoms with E-state index in [-0.39, 0.29) is 45.5 Å². The zero-order valence-corrected chi connectivity index (χ0v) is 45.8. The van der Waals surface area contributed by atoms with E-state index in [9.17, 15) is 32.8 Å². The number of benzene rings is 4. The quantitative estimate of drug-likeness (QED) is 0.0497. The minimum atomic E-state index is -4.65. The number of piperazine rings is 1. The highest BCUT2D eigenvalue weighted by atomic mass is 32.2. The molecule has 1 amide bonds. The van der Waals surface area contributed by atoms with Gasteiger partial charge in [0, 0.05) is 106 Å². The molecular weight excluding hydrogens is 1010 g/mol. The van der Waals surface area contributed by atoms with Gasteiger partial charge in [-0.05, 0) is 123 Å². The lowest BCUT2D eigenvalue weighted by atomic mass is 9.59. The molecule has 1 atom stereocenters. The van der Waals surface area contributed by atoms with Crippen LogP contribution in [0.4, 0.5) is 21.5 Å². The number of sulfonamides is 1. The zero-order valence-electron chi connectivity index (χ0n) is 45.0. The lowest BCUT2D eigenvalue weighted by Crippen LogP contribution is -2.68. The fourth-order valence-corrected chi connectivity index (χ4v) is 13.8. The third kappa shape index (κ3) is 10.9. The summed E-state index contributed by atoms with van der Waals surface area (Å²) in [6, 6.07) is 26.2. The number of pyridine rings is 1. The molecule has 17 nitrogen and oxygen atoms in total.